The third-order valence-electron chi connectivity index (χ3n) is 3.56. The summed E-state index contributed by atoms with van der Waals surface area (Å²) in [5.74, 6) is -0.610. The molecule has 1 aromatic carbocycles. The highest BCUT2D eigenvalue weighted by Crippen LogP contribution is 2.34. The van der Waals surface area contributed by atoms with Gasteiger partial charge in [0, 0.05) is 15.8 Å². The number of carbonyl (C=O) groups is 2. The second kappa shape index (κ2) is 7.11. The molecule has 0 radical (unpaired) electrons. The minimum Gasteiger partial charge on any atom is -0.292 e. The summed E-state index contributed by atoms with van der Waals surface area (Å²) in [6.45, 7) is 4.07. The number of thiophene rings is 1. The maximum Gasteiger partial charge on any atom is 0.257 e. The molecular weight excluding hydrogens is 342 g/mol. The normalized spacial score (nSPS) is 10.8. The van der Waals surface area contributed by atoms with Gasteiger partial charge < -0.3 is 0 Å². The molecule has 122 valence electrons. The average Bonchev–Trinajstić information content (AvgIpc) is 2.89. The lowest BCUT2D eigenvalue weighted by atomic mass is 10.2. The van der Waals surface area contributed by atoms with E-state index in [1.807, 2.05) is 19.9 Å². The largest absolute Gasteiger partial charge is 0.292 e. The van der Waals surface area contributed by atoms with Crippen molar-refractivity contribution < 1.29 is 9.59 Å². The lowest BCUT2D eigenvalue weighted by Crippen LogP contribution is -2.31. The summed E-state index contributed by atoms with van der Waals surface area (Å²) < 4.78 is 0. The number of imide groups is 1. The van der Waals surface area contributed by atoms with E-state index < -0.39 is 5.91 Å². The highest BCUT2D eigenvalue weighted by atomic mass is 32.2. The number of hydrogen-bond donors (Lipinski definition) is 1. The molecule has 0 saturated carbocycles. The molecule has 7 heteroatoms. The first-order valence-electron chi connectivity index (χ1n) is 7.29. The van der Waals surface area contributed by atoms with Crippen molar-refractivity contribution in [3.8, 4) is 0 Å². The van der Waals surface area contributed by atoms with Crippen molar-refractivity contribution in [3.63, 3.8) is 0 Å². The Morgan fingerprint density at radius 1 is 1.17 bits per heavy atom. The van der Waals surface area contributed by atoms with E-state index >= 15 is 0 Å². The molecule has 5 nitrogen and oxygen atoms in total. The third kappa shape index (κ3) is 3.47. The van der Waals surface area contributed by atoms with Crippen molar-refractivity contribution in [2.24, 2.45) is 0 Å². The number of nitrogens with zero attached hydrogens (tertiary/aromatic N) is 2. The predicted molar refractivity (Wildman–Crippen MR) is 96.5 cm³/mol. The van der Waals surface area contributed by atoms with E-state index in [1.54, 1.807) is 35.6 Å². The lowest BCUT2D eigenvalue weighted by molar-refractivity contribution is -0.117. The standard InChI is InChI=1S/C17H15N3O2S2/c1-10-11(2)24-17-14(10)16(18-9-19-17)23-8-13(21)20-15(22)12-6-4-3-5-7-12/h3-7,9H,8H2,1-2H3,(H,20,21,22). The SMILES string of the molecule is Cc1sc2ncnc(SCC(=O)NC(=O)c3ccccc3)c2c1C. The second-order valence-corrected chi connectivity index (χ2v) is 7.34. The quantitative estimate of drug-likeness (QED) is 0.573. The van der Waals surface area contributed by atoms with Crippen molar-refractivity contribution in [1.82, 2.24) is 15.3 Å². The van der Waals surface area contributed by atoms with Gasteiger partial charge in [-0.3, -0.25) is 14.9 Å². The van der Waals surface area contributed by atoms with Gasteiger partial charge in [0.05, 0.1) is 5.75 Å². The fourth-order valence-corrected chi connectivity index (χ4v) is 4.14. The van der Waals surface area contributed by atoms with E-state index in [1.165, 1.54) is 23.0 Å². The van der Waals surface area contributed by atoms with E-state index in [0.717, 1.165) is 20.8 Å². The molecule has 0 atom stereocenters. The van der Waals surface area contributed by atoms with Crippen LogP contribution < -0.4 is 5.32 Å². The van der Waals surface area contributed by atoms with Crippen molar-refractivity contribution in [3.05, 3.63) is 52.7 Å². The molecular formula is C17H15N3O2S2. The lowest BCUT2D eigenvalue weighted by Gasteiger charge is -2.05. The van der Waals surface area contributed by atoms with Crippen molar-refractivity contribution >= 4 is 45.1 Å². The number of fused-ring (bicyclic) bond motifs is 1. The van der Waals surface area contributed by atoms with Crippen molar-refractivity contribution in [1.29, 1.82) is 0 Å². The van der Waals surface area contributed by atoms with Crippen LogP contribution in [0.3, 0.4) is 0 Å². The molecule has 0 saturated heterocycles. The molecule has 2 amide bonds. The molecule has 3 rings (SSSR count). The molecule has 0 aliphatic heterocycles. The van der Waals surface area contributed by atoms with Gasteiger partial charge >= 0.3 is 0 Å². The molecule has 0 spiro atoms. The van der Waals surface area contributed by atoms with Gasteiger partial charge in [-0.15, -0.1) is 11.3 Å². The molecule has 0 bridgehead atoms. The molecule has 0 aliphatic rings. The summed E-state index contributed by atoms with van der Waals surface area (Å²) >= 11 is 2.93. The van der Waals surface area contributed by atoms with E-state index in [-0.39, 0.29) is 11.7 Å². The molecule has 3 aromatic rings. The summed E-state index contributed by atoms with van der Waals surface area (Å²) in [6, 6.07) is 8.67. The van der Waals surface area contributed by atoms with Crippen LogP contribution in [0.2, 0.25) is 0 Å². The molecule has 2 aromatic heterocycles. The van der Waals surface area contributed by atoms with Crippen LogP contribution in [0.5, 0.6) is 0 Å². The van der Waals surface area contributed by atoms with Crippen LogP contribution in [0.15, 0.2) is 41.7 Å². The first-order chi connectivity index (χ1) is 11.6. The van der Waals surface area contributed by atoms with Gasteiger partial charge in [0.1, 0.15) is 16.2 Å². The van der Waals surface area contributed by atoms with Gasteiger partial charge in [0.15, 0.2) is 0 Å². The van der Waals surface area contributed by atoms with Crippen LogP contribution in [0.25, 0.3) is 10.2 Å². The highest BCUT2D eigenvalue weighted by Gasteiger charge is 2.15. The molecule has 2 heterocycles. The number of thioether (sulfide) groups is 1. The minimum atomic E-state index is -0.392. The number of carbonyl (C=O) groups excluding carboxylic acids is 2. The van der Waals surface area contributed by atoms with Crippen molar-refractivity contribution in [2.75, 3.05) is 5.75 Å². The van der Waals surface area contributed by atoms with Crippen LogP contribution in [0.4, 0.5) is 0 Å². The number of hydrogen-bond acceptors (Lipinski definition) is 6. The van der Waals surface area contributed by atoms with Crippen molar-refractivity contribution in [2.45, 2.75) is 18.9 Å². The van der Waals surface area contributed by atoms with E-state index in [4.69, 9.17) is 0 Å². The summed E-state index contributed by atoms with van der Waals surface area (Å²) in [5.41, 5.74) is 1.60. The molecule has 0 fully saturated rings. The Labute approximate surface area is 147 Å². The van der Waals surface area contributed by atoms with Gasteiger partial charge in [0.25, 0.3) is 5.91 Å². The smallest absolute Gasteiger partial charge is 0.257 e. The second-order valence-electron chi connectivity index (χ2n) is 5.17. The number of amides is 2. The fraction of sp³-hybridized carbons (Fsp3) is 0.176. The molecule has 1 N–H and O–H groups in total. The summed E-state index contributed by atoms with van der Waals surface area (Å²) in [4.78, 5) is 34.7. The van der Waals surface area contributed by atoms with Crippen LogP contribution in [0, 0.1) is 13.8 Å². The molecule has 0 aliphatic carbocycles. The number of rotatable bonds is 4. The van der Waals surface area contributed by atoms with Crippen LogP contribution in [-0.4, -0.2) is 27.5 Å². The maximum absolute atomic E-state index is 12.0. The summed E-state index contributed by atoms with van der Waals surface area (Å²) in [6.07, 6.45) is 1.51. The minimum absolute atomic E-state index is 0.124. The Morgan fingerprint density at radius 2 is 1.92 bits per heavy atom. The van der Waals surface area contributed by atoms with E-state index in [0.29, 0.717) is 5.56 Å². The Balaban J connectivity index is 1.68. The fourth-order valence-electron chi connectivity index (χ4n) is 2.22. The van der Waals surface area contributed by atoms with E-state index in [2.05, 4.69) is 15.3 Å². The van der Waals surface area contributed by atoms with Gasteiger partial charge in [-0.1, -0.05) is 30.0 Å². The maximum atomic E-state index is 12.0. The van der Waals surface area contributed by atoms with Crippen LogP contribution in [0.1, 0.15) is 20.8 Å². The molecule has 24 heavy (non-hydrogen) atoms. The Morgan fingerprint density at radius 3 is 2.67 bits per heavy atom. The molecule has 0 unspecified atom stereocenters. The number of aromatic nitrogens is 2. The average molecular weight is 357 g/mol. The Kier molecular flexibility index (Phi) is 4.92. The zero-order chi connectivity index (χ0) is 17.1. The number of nitrogens with one attached hydrogen (secondary N) is 1. The Bertz CT molecular complexity index is 907. The third-order valence-corrected chi connectivity index (χ3v) is 5.66. The highest BCUT2D eigenvalue weighted by molar-refractivity contribution is 8.00. The first-order valence-corrected chi connectivity index (χ1v) is 9.09. The Hall–Kier alpha value is -2.25. The number of benzene rings is 1. The zero-order valence-corrected chi connectivity index (χ0v) is 14.8. The van der Waals surface area contributed by atoms with Gasteiger partial charge in [-0.2, -0.15) is 0 Å². The van der Waals surface area contributed by atoms with Gasteiger partial charge in [0.2, 0.25) is 5.91 Å². The van der Waals surface area contributed by atoms with Gasteiger partial charge in [-0.25, -0.2) is 9.97 Å². The topological polar surface area (TPSA) is 72.0 Å². The summed E-state index contributed by atoms with van der Waals surface area (Å²) in [5, 5.41) is 4.16. The van der Waals surface area contributed by atoms with E-state index in [9.17, 15) is 9.59 Å². The van der Waals surface area contributed by atoms with Crippen LogP contribution in [-0.2, 0) is 4.79 Å². The monoisotopic (exact) mass is 357 g/mol. The van der Waals surface area contributed by atoms with Gasteiger partial charge in [-0.05, 0) is 31.5 Å². The summed E-state index contributed by atoms with van der Waals surface area (Å²) in [7, 11) is 0. The zero-order valence-electron chi connectivity index (χ0n) is 13.2. The number of aryl methyl sites for hydroxylation is 2. The first kappa shape index (κ1) is 16.6. The predicted octanol–water partition coefficient (Wildman–Crippen LogP) is 3.36. The van der Waals surface area contributed by atoms with Crippen LogP contribution >= 0.6 is 23.1 Å².